The van der Waals surface area contributed by atoms with Crippen molar-refractivity contribution in [2.24, 2.45) is 0 Å². The van der Waals surface area contributed by atoms with Crippen molar-refractivity contribution in [1.29, 1.82) is 0 Å². The van der Waals surface area contributed by atoms with Crippen LogP contribution in [0, 0.1) is 0 Å². The van der Waals surface area contributed by atoms with Crippen molar-refractivity contribution in [2.75, 3.05) is 12.4 Å². The van der Waals surface area contributed by atoms with Crippen molar-refractivity contribution in [1.82, 2.24) is 4.98 Å². The van der Waals surface area contributed by atoms with Crippen LogP contribution in [0.2, 0.25) is 5.02 Å². The van der Waals surface area contributed by atoms with E-state index < -0.39 is 0 Å². The summed E-state index contributed by atoms with van der Waals surface area (Å²) in [5, 5.41) is 6.56. The van der Waals surface area contributed by atoms with Gasteiger partial charge in [-0.05, 0) is 36.4 Å². The largest absolute Gasteiger partial charge is 0.496 e. The summed E-state index contributed by atoms with van der Waals surface area (Å²) in [6, 6.07) is 22.4. The van der Waals surface area contributed by atoms with Crippen LogP contribution in [0.3, 0.4) is 0 Å². The molecule has 1 heterocycles. The molecule has 0 aliphatic heterocycles. The van der Waals surface area contributed by atoms with E-state index in [-0.39, 0.29) is 5.91 Å². The van der Waals surface area contributed by atoms with Gasteiger partial charge in [-0.2, -0.15) is 0 Å². The number of halogens is 1. The molecule has 6 heteroatoms. The fourth-order valence-electron chi connectivity index (χ4n) is 2.89. The molecule has 3 aromatic carbocycles. The molecule has 0 atom stereocenters. The Hall–Kier alpha value is -3.15. The van der Waals surface area contributed by atoms with Crippen LogP contribution in [0.5, 0.6) is 5.75 Å². The van der Waals surface area contributed by atoms with Gasteiger partial charge in [-0.15, -0.1) is 11.3 Å². The Morgan fingerprint density at radius 1 is 0.966 bits per heavy atom. The van der Waals surface area contributed by atoms with E-state index in [0.29, 0.717) is 22.0 Å². The predicted molar refractivity (Wildman–Crippen MR) is 119 cm³/mol. The summed E-state index contributed by atoms with van der Waals surface area (Å²) >= 11 is 7.53. The number of para-hydroxylation sites is 1. The number of methoxy groups -OCH3 is 1. The molecule has 0 aliphatic rings. The molecule has 0 radical (unpaired) electrons. The summed E-state index contributed by atoms with van der Waals surface area (Å²) in [6.45, 7) is 0. The van der Waals surface area contributed by atoms with Crippen molar-refractivity contribution in [3.8, 4) is 27.6 Å². The van der Waals surface area contributed by atoms with Gasteiger partial charge >= 0.3 is 0 Å². The quantitative estimate of drug-likeness (QED) is 0.407. The number of nitrogens with zero attached hydrogens (tertiary/aromatic N) is 1. The van der Waals surface area contributed by atoms with Gasteiger partial charge in [0.15, 0.2) is 0 Å². The van der Waals surface area contributed by atoms with Crippen LogP contribution < -0.4 is 10.1 Å². The molecule has 1 amide bonds. The maximum absolute atomic E-state index is 12.5. The molecule has 4 nitrogen and oxygen atoms in total. The number of carbonyl (C=O) groups excluding carboxylic acids is 1. The van der Waals surface area contributed by atoms with E-state index in [2.05, 4.69) is 5.32 Å². The molecule has 0 fully saturated rings. The maximum Gasteiger partial charge on any atom is 0.259 e. The molecular weight excluding hydrogens is 404 g/mol. The number of thiazole rings is 1. The molecule has 0 saturated heterocycles. The SMILES string of the molecule is COc1ccccc1C(=O)Nc1ccc(-c2csc(-c3ccc(Cl)cc3)n2)cc1. The van der Waals surface area contributed by atoms with Gasteiger partial charge in [0, 0.05) is 27.2 Å². The minimum atomic E-state index is -0.214. The Morgan fingerprint density at radius 3 is 2.38 bits per heavy atom. The first-order chi connectivity index (χ1) is 14.1. The van der Waals surface area contributed by atoms with Crippen molar-refractivity contribution in [3.05, 3.63) is 88.8 Å². The van der Waals surface area contributed by atoms with Crippen molar-refractivity contribution in [2.45, 2.75) is 0 Å². The van der Waals surface area contributed by atoms with E-state index in [0.717, 1.165) is 21.8 Å². The Labute approximate surface area is 177 Å². The van der Waals surface area contributed by atoms with Gasteiger partial charge in [0.1, 0.15) is 10.8 Å². The Kier molecular flexibility index (Phi) is 5.60. The minimum absolute atomic E-state index is 0.214. The Bertz CT molecular complexity index is 1140. The van der Waals surface area contributed by atoms with Crippen LogP contribution in [0.1, 0.15) is 10.4 Å². The topological polar surface area (TPSA) is 51.2 Å². The zero-order chi connectivity index (χ0) is 20.2. The van der Waals surface area contributed by atoms with Crippen molar-refractivity contribution >= 4 is 34.5 Å². The van der Waals surface area contributed by atoms with E-state index >= 15 is 0 Å². The maximum atomic E-state index is 12.5. The first kappa shape index (κ1) is 19.2. The normalized spacial score (nSPS) is 10.6. The second kappa shape index (κ2) is 8.47. The number of hydrogen-bond acceptors (Lipinski definition) is 4. The van der Waals surface area contributed by atoms with Crippen LogP contribution in [-0.4, -0.2) is 18.0 Å². The van der Waals surface area contributed by atoms with Crippen LogP contribution in [-0.2, 0) is 0 Å². The van der Waals surface area contributed by atoms with Gasteiger partial charge in [-0.25, -0.2) is 4.98 Å². The van der Waals surface area contributed by atoms with Crippen molar-refractivity contribution in [3.63, 3.8) is 0 Å². The standard InChI is InChI=1S/C23H17ClN2O2S/c1-28-21-5-3-2-4-19(21)22(27)25-18-12-8-15(9-13-18)20-14-29-23(26-20)16-6-10-17(24)11-7-16/h2-14H,1H3,(H,25,27). The molecule has 0 spiro atoms. The molecule has 0 saturated carbocycles. The molecule has 0 bridgehead atoms. The zero-order valence-electron chi connectivity index (χ0n) is 15.6. The molecule has 1 N–H and O–H groups in total. The number of anilines is 1. The fourth-order valence-corrected chi connectivity index (χ4v) is 3.85. The van der Waals surface area contributed by atoms with Gasteiger partial charge in [0.05, 0.1) is 18.4 Å². The summed E-state index contributed by atoms with van der Waals surface area (Å²) in [4.78, 5) is 17.2. The summed E-state index contributed by atoms with van der Waals surface area (Å²) in [5.41, 5.74) is 4.11. The van der Waals surface area contributed by atoms with Gasteiger partial charge in [-0.1, -0.05) is 48.0 Å². The third-order valence-electron chi connectivity index (χ3n) is 4.39. The van der Waals surface area contributed by atoms with Gasteiger partial charge in [-0.3, -0.25) is 4.79 Å². The Morgan fingerprint density at radius 2 is 1.66 bits per heavy atom. The number of ether oxygens (including phenoxy) is 1. The number of aromatic nitrogens is 1. The van der Waals surface area contributed by atoms with Gasteiger partial charge in [0.2, 0.25) is 0 Å². The highest BCUT2D eigenvalue weighted by Gasteiger charge is 2.12. The average molecular weight is 421 g/mol. The van der Waals surface area contributed by atoms with Gasteiger partial charge < -0.3 is 10.1 Å². The predicted octanol–water partition coefficient (Wildman–Crippen LogP) is 6.39. The number of carbonyl (C=O) groups is 1. The molecule has 4 rings (SSSR count). The monoisotopic (exact) mass is 420 g/mol. The third-order valence-corrected chi connectivity index (χ3v) is 5.53. The zero-order valence-corrected chi connectivity index (χ0v) is 17.1. The van der Waals surface area contributed by atoms with E-state index in [4.69, 9.17) is 21.3 Å². The molecule has 144 valence electrons. The van der Waals surface area contributed by atoms with Crippen LogP contribution in [0.4, 0.5) is 5.69 Å². The highest BCUT2D eigenvalue weighted by Crippen LogP contribution is 2.30. The first-order valence-corrected chi connectivity index (χ1v) is 10.2. The molecule has 29 heavy (non-hydrogen) atoms. The lowest BCUT2D eigenvalue weighted by molar-refractivity contribution is 0.102. The highest BCUT2D eigenvalue weighted by molar-refractivity contribution is 7.13. The summed E-state index contributed by atoms with van der Waals surface area (Å²) in [7, 11) is 1.55. The first-order valence-electron chi connectivity index (χ1n) is 8.90. The smallest absolute Gasteiger partial charge is 0.259 e. The number of nitrogens with one attached hydrogen (secondary N) is 1. The number of amides is 1. The average Bonchev–Trinajstić information content (AvgIpc) is 3.25. The van der Waals surface area contributed by atoms with Crippen LogP contribution in [0.15, 0.2) is 78.2 Å². The molecule has 0 aliphatic carbocycles. The van der Waals surface area contributed by atoms with Crippen molar-refractivity contribution < 1.29 is 9.53 Å². The molecule has 4 aromatic rings. The number of benzene rings is 3. The minimum Gasteiger partial charge on any atom is -0.496 e. The van der Waals surface area contributed by atoms with E-state index in [1.807, 2.05) is 60.0 Å². The molecule has 0 unspecified atom stereocenters. The number of rotatable bonds is 5. The molecular formula is C23H17ClN2O2S. The summed E-state index contributed by atoms with van der Waals surface area (Å²) < 4.78 is 5.25. The van der Waals surface area contributed by atoms with E-state index in [1.165, 1.54) is 0 Å². The number of hydrogen-bond donors (Lipinski definition) is 1. The lowest BCUT2D eigenvalue weighted by atomic mass is 10.1. The fraction of sp³-hybridized carbons (Fsp3) is 0.0435. The third kappa shape index (κ3) is 4.31. The summed E-state index contributed by atoms with van der Waals surface area (Å²) in [6.07, 6.45) is 0. The van der Waals surface area contributed by atoms with Crippen LogP contribution in [0.25, 0.3) is 21.8 Å². The lowest BCUT2D eigenvalue weighted by Crippen LogP contribution is -2.12. The highest BCUT2D eigenvalue weighted by atomic mass is 35.5. The molecule has 1 aromatic heterocycles. The summed E-state index contributed by atoms with van der Waals surface area (Å²) in [5.74, 6) is 0.327. The van der Waals surface area contributed by atoms with Crippen LogP contribution >= 0.6 is 22.9 Å². The second-order valence-corrected chi connectivity index (χ2v) is 7.57. The van der Waals surface area contributed by atoms with E-state index in [1.54, 1.807) is 36.6 Å². The van der Waals surface area contributed by atoms with E-state index in [9.17, 15) is 4.79 Å². The van der Waals surface area contributed by atoms with Gasteiger partial charge in [0.25, 0.3) is 5.91 Å². The lowest BCUT2D eigenvalue weighted by Gasteiger charge is -2.09. The second-order valence-electron chi connectivity index (χ2n) is 6.28. The Balaban J connectivity index is 1.50.